The molecule has 0 unspecified atom stereocenters. The maximum absolute atomic E-state index is 13.8. The predicted octanol–water partition coefficient (Wildman–Crippen LogP) is 5.41. The largest absolute Gasteiger partial charge is 0.493 e. The maximum Gasteiger partial charge on any atom is 0.337 e. The van der Waals surface area contributed by atoms with Gasteiger partial charge in [0.1, 0.15) is 0 Å². The smallest absolute Gasteiger partial charge is 0.337 e. The van der Waals surface area contributed by atoms with Crippen LogP contribution in [0.5, 0.6) is 11.5 Å². The number of allylic oxidation sites excluding steroid dienone is 3. The molecule has 4 rings (SSSR count). The number of hydrogen-bond acceptors (Lipinski definition) is 6. The molecule has 6 heteroatoms. The second-order valence-corrected chi connectivity index (χ2v) is 9.13. The van der Waals surface area contributed by atoms with Crippen molar-refractivity contribution < 1.29 is 23.8 Å². The first-order valence-electron chi connectivity index (χ1n) is 12.1. The molecule has 1 aliphatic carbocycles. The quantitative estimate of drug-likeness (QED) is 0.540. The summed E-state index contributed by atoms with van der Waals surface area (Å²) in [5.41, 5.74) is 4.42. The average Bonchev–Trinajstić information content (AvgIpc) is 2.87. The SMILES string of the molecule is CC[C@@H](C)OC(=O)C1=C(C)NC2=C(C(=O)C[C@@H](c3ccccc3)C2)[C@@H]1c1cccc(OC)c1OC. The summed E-state index contributed by atoms with van der Waals surface area (Å²) in [6.45, 7) is 5.70. The Balaban J connectivity index is 1.86. The van der Waals surface area contributed by atoms with Crippen molar-refractivity contribution in [2.24, 2.45) is 0 Å². The fourth-order valence-electron chi connectivity index (χ4n) is 5.05. The Morgan fingerprint density at radius 2 is 1.80 bits per heavy atom. The first-order valence-corrected chi connectivity index (χ1v) is 12.1. The van der Waals surface area contributed by atoms with Crippen LogP contribution in [-0.2, 0) is 14.3 Å². The molecule has 0 fully saturated rings. The number of Topliss-reactive ketones (excluding diaryl/α,β-unsaturated/α-hetero) is 1. The van der Waals surface area contributed by atoms with Crippen LogP contribution >= 0.6 is 0 Å². The Bertz CT molecular complexity index is 1180. The highest BCUT2D eigenvalue weighted by molar-refractivity contribution is 6.04. The Morgan fingerprint density at radius 3 is 2.46 bits per heavy atom. The lowest BCUT2D eigenvalue weighted by atomic mass is 9.71. The van der Waals surface area contributed by atoms with Crippen molar-refractivity contribution >= 4 is 11.8 Å². The number of carbonyl (C=O) groups excluding carboxylic acids is 2. The van der Waals surface area contributed by atoms with E-state index < -0.39 is 11.9 Å². The van der Waals surface area contributed by atoms with Gasteiger partial charge in [-0.2, -0.15) is 0 Å². The van der Waals surface area contributed by atoms with Gasteiger partial charge in [-0.25, -0.2) is 4.79 Å². The standard InChI is InChI=1S/C29H33NO5/c1-6-17(2)35-29(32)25-18(3)30-22-15-20(19-11-8-7-9-12-19)16-23(31)27(22)26(25)21-13-10-14-24(33-4)28(21)34-5/h7-14,17,20,26,30H,6,15-16H2,1-5H3/t17-,20+,26-/m1/s1. The summed E-state index contributed by atoms with van der Waals surface area (Å²) in [5, 5.41) is 3.40. The zero-order valence-corrected chi connectivity index (χ0v) is 21.0. The number of carbonyl (C=O) groups is 2. The van der Waals surface area contributed by atoms with Crippen molar-refractivity contribution in [1.29, 1.82) is 0 Å². The van der Waals surface area contributed by atoms with Gasteiger partial charge in [-0.05, 0) is 44.2 Å². The van der Waals surface area contributed by atoms with Crippen LogP contribution in [0.4, 0.5) is 0 Å². The molecule has 1 heterocycles. The summed E-state index contributed by atoms with van der Waals surface area (Å²) in [6.07, 6.45) is 1.51. The lowest BCUT2D eigenvalue weighted by Crippen LogP contribution is -2.36. The molecule has 1 N–H and O–H groups in total. The minimum atomic E-state index is -0.614. The summed E-state index contributed by atoms with van der Waals surface area (Å²) in [5.74, 6) is 0.102. The van der Waals surface area contributed by atoms with Crippen molar-refractivity contribution in [3.63, 3.8) is 0 Å². The molecule has 2 aliphatic rings. The van der Waals surface area contributed by atoms with E-state index in [1.54, 1.807) is 20.3 Å². The second kappa shape index (κ2) is 10.4. The summed E-state index contributed by atoms with van der Waals surface area (Å²) >= 11 is 0. The van der Waals surface area contributed by atoms with Gasteiger partial charge in [0, 0.05) is 29.0 Å². The summed E-state index contributed by atoms with van der Waals surface area (Å²) in [7, 11) is 3.14. The molecule has 0 bridgehead atoms. The van der Waals surface area contributed by atoms with Crippen molar-refractivity contribution in [1.82, 2.24) is 5.32 Å². The van der Waals surface area contributed by atoms with Crippen molar-refractivity contribution in [2.45, 2.75) is 58.0 Å². The topological polar surface area (TPSA) is 73.9 Å². The molecule has 2 aromatic rings. The van der Waals surface area contributed by atoms with Gasteiger partial charge >= 0.3 is 5.97 Å². The predicted molar refractivity (Wildman–Crippen MR) is 134 cm³/mol. The summed E-state index contributed by atoms with van der Waals surface area (Å²) in [6, 6.07) is 15.6. The van der Waals surface area contributed by atoms with Crippen LogP contribution in [0.1, 0.15) is 63.0 Å². The van der Waals surface area contributed by atoms with Gasteiger partial charge in [-0.1, -0.05) is 49.4 Å². The van der Waals surface area contributed by atoms with Crippen LogP contribution in [0.2, 0.25) is 0 Å². The van der Waals surface area contributed by atoms with Gasteiger partial charge < -0.3 is 19.5 Å². The maximum atomic E-state index is 13.8. The highest BCUT2D eigenvalue weighted by Crippen LogP contribution is 2.49. The normalized spacial score (nSPS) is 20.7. The van der Waals surface area contributed by atoms with E-state index in [4.69, 9.17) is 14.2 Å². The van der Waals surface area contributed by atoms with Crippen LogP contribution in [0.25, 0.3) is 0 Å². The fourth-order valence-corrected chi connectivity index (χ4v) is 5.05. The average molecular weight is 476 g/mol. The van der Waals surface area contributed by atoms with E-state index in [-0.39, 0.29) is 17.8 Å². The monoisotopic (exact) mass is 475 g/mol. The van der Waals surface area contributed by atoms with Gasteiger partial charge in [-0.3, -0.25) is 4.79 Å². The second-order valence-electron chi connectivity index (χ2n) is 9.13. The number of methoxy groups -OCH3 is 2. The van der Waals surface area contributed by atoms with Gasteiger partial charge in [0.2, 0.25) is 0 Å². The lowest BCUT2D eigenvalue weighted by Gasteiger charge is -2.37. The van der Waals surface area contributed by atoms with Crippen molar-refractivity contribution in [2.75, 3.05) is 14.2 Å². The molecular weight excluding hydrogens is 442 g/mol. The third-order valence-electron chi connectivity index (χ3n) is 6.95. The van der Waals surface area contributed by atoms with Crippen molar-refractivity contribution in [3.8, 4) is 11.5 Å². The molecule has 0 spiro atoms. The molecule has 0 aromatic heterocycles. The third-order valence-corrected chi connectivity index (χ3v) is 6.95. The van der Waals surface area contributed by atoms with E-state index >= 15 is 0 Å². The van der Waals surface area contributed by atoms with E-state index in [9.17, 15) is 9.59 Å². The van der Waals surface area contributed by atoms with Gasteiger partial charge in [-0.15, -0.1) is 0 Å². The highest BCUT2D eigenvalue weighted by Gasteiger charge is 2.43. The zero-order chi connectivity index (χ0) is 25.1. The van der Waals surface area contributed by atoms with Crippen LogP contribution in [-0.4, -0.2) is 32.1 Å². The van der Waals surface area contributed by atoms with E-state index in [1.807, 2.05) is 51.1 Å². The van der Waals surface area contributed by atoms with Crippen LogP contribution in [0.15, 0.2) is 71.1 Å². The molecule has 0 amide bonds. The molecule has 184 valence electrons. The van der Waals surface area contributed by atoms with Crippen LogP contribution < -0.4 is 14.8 Å². The number of hydrogen-bond donors (Lipinski definition) is 1. The molecule has 3 atom stereocenters. The van der Waals surface area contributed by atoms with E-state index in [0.29, 0.717) is 53.2 Å². The number of para-hydroxylation sites is 1. The van der Waals surface area contributed by atoms with Crippen molar-refractivity contribution in [3.05, 3.63) is 82.2 Å². The van der Waals surface area contributed by atoms with Crippen LogP contribution in [0.3, 0.4) is 0 Å². The summed E-state index contributed by atoms with van der Waals surface area (Å²) in [4.78, 5) is 27.2. The third kappa shape index (κ3) is 4.70. The Labute approximate surface area is 207 Å². The van der Waals surface area contributed by atoms with Gasteiger partial charge in [0.05, 0.1) is 31.8 Å². The minimum Gasteiger partial charge on any atom is -0.493 e. The molecule has 6 nitrogen and oxygen atoms in total. The van der Waals surface area contributed by atoms with Gasteiger partial charge in [0.15, 0.2) is 17.3 Å². The van der Waals surface area contributed by atoms with E-state index in [1.165, 1.54) is 0 Å². The van der Waals surface area contributed by atoms with Gasteiger partial charge in [0.25, 0.3) is 0 Å². The number of dihydropyridines is 1. The number of rotatable bonds is 7. The molecule has 2 aromatic carbocycles. The molecule has 0 saturated heterocycles. The molecule has 35 heavy (non-hydrogen) atoms. The first kappa shape index (κ1) is 24.6. The molecule has 0 radical (unpaired) electrons. The van der Waals surface area contributed by atoms with E-state index in [2.05, 4.69) is 17.4 Å². The summed E-state index contributed by atoms with van der Waals surface area (Å²) < 4.78 is 17.0. The Morgan fingerprint density at radius 1 is 1.06 bits per heavy atom. The molecule has 1 aliphatic heterocycles. The first-order chi connectivity index (χ1) is 16.9. The zero-order valence-electron chi connectivity index (χ0n) is 21.0. The number of ketones is 1. The number of ether oxygens (including phenoxy) is 3. The Kier molecular flexibility index (Phi) is 7.29. The minimum absolute atomic E-state index is 0.0174. The highest BCUT2D eigenvalue weighted by atomic mass is 16.5. The molecule has 0 saturated carbocycles. The van der Waals surface area contributed by atoms with E-state index in [0.717, 1.165) is 11.3 Å². The fraction of sp³-hybridized carbons (Fsp3) is 0.379. The lowest BCUT2D eigenvalue weighted by molar-refractivity contribution is -0.144. The Hall–Kier alpha value is -3.54. The number of nitrogens with one attached hydrogen (secondary N) is 1. The van der Waals surface area contributed by atoms with Crippen LogP contribution in [0, 0.1) is 0 Å². The number of esters is 1. The number of benzene rings is 2. The molecular formula is C29H33NO5.